The van der Waals surface area contributed by atoms with Crippen molar-refractivity contribution in [2.24, 2.45) is 0 Å². The molecule has 1 aromatic rings. The lowest BCUT2D eigenvalue weighted by Crippen LogP contribution is -2.29. The highest BCUT2D eigenvalue weighted by atomic mass is 32.1. The fourth-order valence-corrected chi connectivity index (χ4v) is 2.43. The summed E-state index contributed by atoms with van der Waals surface area (Å²) in [5, 5.41) is 17.6. The normalized spacial score (nSPS) is 10.4. The highest BCUT2D eigenvalue weighted by Crippen LogP contribution is 2.17. The van der Waals surface area contributed by atoms with Crippen molar-refractivity contribution in [3.05, 3.63) is 21.9 Å². The lowest BCUT2D eigenvalue weighted by Gasteiger charge is -2.19. The summed E-state index contributed by atoms with van der Waals surface area (Å²) in [7, 11) is 1.67. The first-order valence-electron chi connectivity index (χ1n) is 5.80. The summed E-state index contributed by atoms with van der Waals surface area (Å²) in [5.41, 5.74) is 0. The van der Waals surface area contributed by atoms with Crippen LogP contribution in [0.3, 0.4) is 0 Å². The van der Waals surface area contributed by atoms with Crippen LogP contribution in [0.2, 0.25) is 0 Å². The van der Waals surface area contributed by atoms with Crippen molar-refractivity contribution in [1.29, 1.82) is 0 Å². The molecule has 0 bridgehead atoms. The van der Waals surface area contributed by atoms with Gasteiger partial charge in [0.25, 0.3) is 0 Å². The number of hydrogen-bond acceptors (Lipinski definition) is 5. The molecular weight excluding hydrogens is 250 g/mol. The van der Waals surface area contributed by atoms with Crippen LogP contribution in [0.1, 0.15) is 9.75 Å². The molecule has 100 valence electrons. The Labute approximate surface area is 112 Å². The average molecular weight is 269 g/mol. The van der Waals surface area contributed by atoms with Gasteiger partial charge in [-0.25, -0.2) is 0 Å². The predicted molar refractivity (Wildman–Crippen MR) is 72.5 cm³/mol. The van der Waals surface area contributed by atoms with E-state index in [-0.39, 0.29) is 13.2 Å². The van der Waals surface area contributed by atoms with E-state index in [4.69, 9.17) is 14.9 Å². The molecular formula is C13H19NO3S. The molecule has 2 N–H and O–H groups in total. The number of ether oxygens (including phenoxy) is 1. The van der Waals surface area contributed by atoms with Crippen molar-refractivity contribution in [2.75, 3.05) is 40.0 Å². The molecule has 0 aliphatic rings. The Hall–Kier alpha value is -0.900. The Kier molecular flexibility index (Phi) is 7.65. The van der Waals surface area contributed by atoms with Gasteiger partial charge in [-0.05, 0) is 12.1 Å². The molecule has 0 amide bonds. The smallest absolute Gasteiger partial charge is 0.104 e. The van der Waals surface area contributed by atoms with Crippen LogP contribution >= 0.6 is 11.3 Å². The molecule has 0 unspecified atom stereocenters. The molecule has 0 spiro atoms. The van der Waals surface area contributed by atoms with Gasteiger partial charge in [0, 0.05) is 31.6 Å². The summed E-state index contributed by atoms with van der Waals surface area (Å²) < 4.78 is 5.04. The summed E-state index contributed by atoms with van der Waals surface area (Å²) >= 11 is 1.61. The predicted octanol–water partition coefficient (Wildman–Crippen LogP) is 0.533. The third kappa shape index (κ3) is 5.63. The number of aliphatic hydroxyl groups excluding tert-OH is 2. The third-order valence-corrected chi connectivity index (χ3v) is 3.35. The molecule has 0 aliphatic carbocycles. The van der Waals surface area contributed by atoms with Crippen LogP contribution < -0.4 is 0 Å². The number of rotatable bonds is 7. The van der Waals surface area contributed by atoms with Crippen molar-refractivity contribution < 1.29 is 14.9 Å². The molecule has 4 nitrogen and oxygen atoms in total. The first-order valence-corrected chi connectivity index (χ1v) is 6.62. The summed E-state index contributed by atoms with van der Waals surface area (Å²) in [6.07, 6.45) is 0. The molecule has 1 aromatic heterocycles. The third-order valence-electron chi connectivity index (χ3n) is 2.36. The fraction of sp³-hybridized carbons (Fsp3) is 0.538. The van der Waals surface area contributed by atoms with Gasteiger partial charge >= 0.3 is 0 Å². The van der Waals surface area contributed by atoms with Gasteiger partial charge in [-0.1, -0.05) is 11.8 Å². The molecule has 5 heteroatoms. The van der Waals surface area contributed by atoms with Crippen molar-refractivity contribution in [1.82, 2.24) is 4.90 Å². The van der Waals surface area contributed by atoms with Crippen LogP contribution in [-0.2, 0) is 11.3 Å². The van der Waals surface area contributed by atoms with Gasteiger partial charge in [0.15, 0.2) is 0 Å². The second-order valence-corrected chi connectivity index (χ2v) is 4.89. The Morgan fingerprint density at radius 3 is 2.83 bits per heavy atom. The number of hydrogen-bond donors (Lipinski definition) is 2. The number of methoxy groups -OCH3 is 1. The molecule has 0 saturated heterocycles. The van der Waals surface area contributed by atoms with Crippen molar-refractivity contribution in [3.63, 3.8) is 0 Å². The highest BCUT2D eigenvalue weighted by Gasteiger charge is 2.07. The first kappa shape index (κ1) is 15.2. The van der Waals surface area contributed by atoms with E-state index in [9.17, 15) is 0 Å². The van der Waals surface area contributed by atoms with Crippen LogP contribution in [0, 0.1) is 11.8 Å². The molecule has 0 radical (unpaired) electrons. The van der Waals surface area contributed by atoms with E-state index in [1.165, 1.54) is 4.88 Å². The standard InChI is InChI=1S/C13H19NO3S/c1-17-10-7-14(6-9-16)11-13-5-4-12(18-13)3-2-8-15/h4-5,15-16H,6-11H2,1H3. The Bertz CT molecular complexity index is 394. The number of aliphatic hydroxyl groups is 2. The van der Waals surface area contributed by atoms with Crippen LogP contribution in [0.15, 0.2) is 12.1 Å². The van der Waals surface area contributed by atoms with Crippen molar-refractivity contribution >= 4 is 11.3 Å². The lowest BCUT2D eigenvalue weighted by molar-refractivity contribution is 0.127. The van der Waals surface area contributed by atoms with Gasteiger partial charge in [-0.3, -0.25) is 4.90 Å². The largest absolute Gasteiger partial charge is 0.395 e. The van der Waals surface area contributed by atoms with Gasteiger partial charge in [-0.2, -0.15) is 0 Å². The zero-order valence-corrected chi connectivity index (χ0v) is 11.4. The molecule has 0 fully saturated rings. The van der Waals surface area contributed by atoms with E-state index < -0.39 is 0 Å². The zero-order valence-electron chi connectivity index (χ0n) is 10.6. The van der Waals surface area contributed by atoms with Gasteiger partial charge in [-0.15, -0.1) is 11.3 Å². The highest BCUT2D eigenvalue weighted by molar-refractivity contribution is 7.12. The maximum Gasteiger partial charge on any atom is 0.104 e. The molecule has 1 heterocycles. The van der Waals surface area contributed by atoms with E-state index in [1.807, 2.05) is 12.1 Å². The minimum absolute atomic E-state index is 0.113. The molecule has 0 saturated carbocycles. The average Bonchev–Trinajstić information content (AvgIpc) is 2.81. The van der Waals surface area contributed by atoms with Crippen LogP contribution in [0.25, 0.3) is 0 Å². The van der Waals surface area contributed by atoms with Gasteiger partial charge in [0.1, 0.15) is 6.61 Å². The monoisotopic (exact) mass is 269 g/mol. The van der Waals surface area contributed by atoms with Gasteiger partial charge in [0.2, 0.25) is 0 Å². The number of nitrogens with zero attached hydrogens (tertiary/aromatic N) is 1. The summed E-state index contributed by atoms with van der Waals surface area (Å²) in [4.78, 5) is 4.29. The van der Waals surface area contributed by atoms with E-state index in [1.54, 1.807) is 18.4 Å². The summed E-state index contributed by atoms with van der Waals surface area (Å²) in [5.74, 6) is 5.52. The summed E-state index contributed by atoms with van der Waals surface area (Å²) in [6, 6.07) is 3.99. The van der Waals surface area contributed by atoms with Gasteiger partial charge in [0.05, 0.1) is 18.1 Å². The number of thiophene rings is 1. The Morgan fingerprint density at radius 2 is 2.17 bits per heavy atom. The minimum atomic E-state index is -0.113. The molecule has 0 aromatic carbocycles. The molecule has 0 aliphatic heterocycles. The Balaban J connectivity index is 2.54. The lowest BCUT2D eigenvalue weighted by atomic mass is 10.3. The van der Waals surface area contributed by atoms with E-state index in [2.05, 4.69) is 16.7 Å². The summed E-state index contributed by atoms with van der Waals surface area (Å²) in [6.45, 7) is 2.91. The maximum atomic E-state index is 9.01. The van der Waals surface area contributed by atoms with Crippen LogP contribution in [-0.4, -0.2) is 55.1 Å². The molecule has 0 atom stereocenters. The second kappa shape index (κ2) is 9.09. The first-order chi connectivity index (χ1) is 8.80. The van der Waals surface area contributed by atoms with E-state index >= 15 is 0 Å². The maximum absolute atomic E-state index is 9.01. The minimum Gasteiger partial charge on any atom is -0.395 e. The molecule has 1 rings (SSSR count). The van der Waals surface area contributed by atoms with Crippen molar-refractivity contribution in [3.8, 4) is 11.8 Å². The second-order valence-electron chi connectivity index (χ2n) is 3.72. The molecule has 18 heavy (non-hydrogen) atoms. The topological polar surface area (TPSA) is 52.9 Å². The SMILES string of the molecule is COCCN(CCO)Cc1ccc(C#CCO)s1. The van der Waals surface area contributed by atoms with E-state index in [0.29, 0.717) is 13.2 Å². The van der Waals surface area contributed by atoms with Crippen LogP contribution in [0.5, 0.6) is 0 Å². The zero-order chi connectivity index (χ0) is 13.2. The van der Waals surface area contributed by atoms with Crippen LogP contribution in [0.4, 0.5) is 0 Å². The quantitative estimate of drug-likeness (QED) is 0.709. The van der Waals surface area contributed by atoms with E-state index in [0.717, 1.165) is 18.0 Å². The van der Waals surface area contributed by atoms with Crippen molar-refractivity contribution in [2.45, 2.75) is 6.54 Å². The Morgan fingerprint density at radius 1 is 1.33 bits per heavy atom. The fourth-order valence-electron chi connectivity index (χ4n) is 1.51. The van der Waals surface area contributed by atoms with Gasteiger partial charge < -0.3 is 14.9 Å².